The molecule has 192 valence electrons. The molecule has 0 radical (unpaired) electrons. The van der Waals surface area contributed by atoms with Crippen molar-refractivity contribution >= 4 is 38.0 Å². The minimum Gasteiger partial charge on any atom is -0.364 e. The van der Waals surface area contributed by atoms with Gasteiger partial charge < -0.3 is 5.32 Å². The van der Waals surface area contributed by atoms with Gasteiger partial charge in [-0.1, -0.05) is 78.9 Å². The van der Waals surface area contributed by atoms with Gasteiger partial charge in [-0.25, -0.2) is 23.5 Å². The molecule has 6 rings (SSSR count). The predicted octanol–water partition coefficient (Wildman–Crippen LogP) is 6.35. The maximum Gasteiger partial charge on any atom is 0.239 e. The second-order valence-electron chi connectivity index (χ2n) is 8.94. The molecule has 0 bridgehead atoms. The van der Waals surface area contributed by atoms with Crippen molar-refractivity contribution in [2.75, 3.05) is 5.32 Å². The number of hydrogen-bond acceptors (Lipinski definition) is 7. The quantitative estimate of drug-likeness (QED) is 0.240. The molecule has 7 nitrogen and oxygen atoms in total. The summed E-state index contributed by atoms with van der Waals surface area (Å²) in [4.78, 5) is 13.8. The summed E-state index contributed by atoms with van der Waals surface area (Å²) >= 11 is 1.60. The molecule has 3 heterocycles. The van der Waals surface area contributed by atoms with E-state index in [2.05, 4.69) is 28.5 Å². The lowest BCUT2D eigenvalue weighted by atomic mass is 9.97. The zero-order valence-corrected chi connectivity index (χ0v) is 22.3. The van der Waals surface area contributed by atoms with E-state index in [4.69, 9.17) is 15.1 Å². The molecule has 9 heteroatoms. The van der Waals surface area contributed by atoms with Crippen LogP contribution in [0.25, 0.3) is 43.7 Å². The van der Waals surface area contributed by atoms with Gasteiger partial charge in [-0.15, -0.1) is 11.3 Å². The van der Waals surface area contributed by atoms with Gasteiger partial charge in [0.1, 0.15) is 15.7 Å². The van der Waals surface area contributed by atoms with Gasteiger partial charge in [-0.2, -0.15) is 0 Å². The normalized spacial score (nSPS) is 11.5. The monoisotopic (exact) mass is 549 g/mol. The number of nitrogens with one attached hydrogen (secondary N) is 1. The number of rotatable bonds is 7. The molecule has 3 aromatic heterocycles. The van der Waals surface area contributed by atoms with Crippen LogP contribution in [-0.4, -0.2) is 23.4 Å². The number of thiazole rings is 1. The molecule has 6 aromatic rings. The molecule has 0 atom stereocenters. The fraction of sp³-hybridized carbons (Fsp3) is 0.0333. The number of fused-ring (bicyclic) bond motifs is 1. The third-order valence-corrected chi connectivity index (χ3v) is 8.11. The van der Waals surface area contributed by atoms with Crippen molar-refractivity contribution < 1.29 is 8.42 Å². The van der Waals surface area contributed by atoms with E-state index in [-0.39, 0.29) is 4.90 Å². The first kappa shape index (κ1) is 24.9. The first-order chi connectivity index (χ1) is 19.0. The number of benzene rings is 3. The van der Waals surface area contributed by atoms with Crippen LogP contribution in [0, 0.1) is 0 Å². The van der Waals surface area contributed by atoms with Gasteiger partial charge >= 0.3 is 0 Å². The van der Waals surface area contributed by atoms with Gasteiger partial charge in [0.25, 0.3) is 0 Å². The lowest BCUT2D eigenvalue weighted by Gasteiger charge is -2.15. The Kier molecular flexibility index (Phi) is 6.62. The minimum atomic E-state index is -3.91. The van der Waals surface area contributed by atoms with E-state index < -0.39 is 10.0 Å². The maximum atomic E-state index is 12.0. The van der Waals surface area contributed by atoms with E-state index in [9.17, 15) is 8.42 Å². The second-order valence-corrected chi connectivity index (χ2v) is 11.4. The number of nitrogens with two attached hydrogens (primary N) is 1. The SMILES string of the molecule is NS(=O)(=O)c1cncc(-c2cc3cccc(-c4ccccc4)c3c(NCc3csc(-c4ccccc4)n3)n2)c1. The molecule has 0 saturated heterocycles. The Morgan fingerprint density at radius 1 is 0.795 bits per heavy atom. The number of pyridine rings is 2. The van der Waals surface area contributed by atoms with Crippen LogP contribution in [0.3, 0.4) is 0 Å². The lowest BCUT2D eigenvalue weighted by molar-refractivity contribution is 0.597. The van der Waals surface area contributed by atoms with Crippen LogP contribution in [-0.2, 0) is 16.6 Å². The van der Waals surface area contributed by atoms with Crippen LogP contribution in [0.2, 0.25) is 0 Å². The standard InChI is InChI=1S/C30H23N5O2S2/c31-39(36,37)25-14-23(16-32-18-25)27-15-22-12-7-13-26(20-8-3-1-4-9-20)28(22)29(35-27)33-17-24-19-38-30(34-24)21-10-5-2-6-11-21/h1-16,18-19H,17H2,(H,33,35)(H2,31,36,37). The molecular weight excluding hydrogens is 526 g/mol. The molecule has 0 aliphatic rings. The zero-order chi connectivity index (χ0) is 26.8. The summed E-state index contributed by atoms with van der Waals surface area (Å²) in [5.74, 6) is 0.664. The average molecular weight is 550 g/mol. The highest BCUT2D eigenvalue weighted by Gasteiger charge is 2.16. The predicted molar refractivity (Wildman–Crippen MR) is 157 cm³/mol. The summed E-state index contributed by atoms with van der Waals surface area (Å²) in [5, 5.41) is 13.8. The van der Waals surface area contributed by atoms with Gasteiger partial charge in [0.15, 0.2) is 0 Å². The Morgan fingerprint density at radius 2 is 1.54 bits per heavy atom. The van der Waals surface area contributed by atoms with Crippen LogP contribution < -0.4 is 10.5 Å². The third kappa shape index (κ3) is 5.28. The Labute approximate surface area is 230 Å². The fourth-order valence-electron chi connectivity index (χ4n) is 4.43. The Hall–Kier alpha value is -4.44. The van der Waals surface area contributed by atoms with Crippen molar-refractivity contribution in [3.05, 3.63) is 114 Å². The summed E-state index contributed by atoms with van der Waals surface area (Å²) in [7, 11) is -3.91. The number of anilines is 1. The highest BCUT2D eigenvalue weighted by molar-refractivity contribution is 7.89. The Morgan fingerprint density at radius 3 is 2.28 bits per heavy atom. The highest BCUT2D eigenvalue weighted by atomic mass is 32.2. The molecule has 3 aromatic carbocycles. The average Bonchev–Trinajstić information content (AvgIpc) is 3.45. The molecule has 0 fully saturated rings. The van der Waals surface area contributed by atoms with E-state index in [0.29, 0.717) is 23.6 Å². The molecule has 0 aliphatic heterocycles. The van der Waals surface area contributed by atoms with E-state index in [1.54, 1.807) is 17.5 Å². The van der Waals surface area contributed by atoms with Crippen LogP contribution in [0.15, 0.2) is 114 Å². The smallest absolute Gasteiger partial charge is 0.239 e. The van der Waals surface area contributed by atoms with Crippen molar-refractivity contribution in [3.63, 3.8) is 0 Å². The number of nitrogens with zero attached hydrogens (tertiary/aromatic N) is 3. The highest BCUT2D eigenvalue weighted by Crippen LogP contribution is 2.36. The van der Waals surface area contributed by atoms with Gasteiger partial charge in [0.05, 0.1) is 17.9 Å². The first-order valence-electron chi connectivity index (χ1n) is 12.2. The second kappa shape index (κ2) is 10.4. The van der Waals surface area contributed by atoms with E-state index in [1.165, 1.54) is 12.3 Å². The number of hydrogen-bond donors (Lipinski definition) is 2. The lowest BCUT2D eigenvalue weighted by Crippen LogP contribution is -2.12. The summed E-state index contributed by atoms with van der Waals surface area (Å²) in [6.45, 7) is 0.466. The van der Waals surface area contributed by atoms with Crippen molar-refractivity contribution in [2.24, 2.45) is 5.14 Å². The molecule has 39 heavy (non-hydrogen) atoms. The molecular formula is C30H23N5O2S2. The van der Waals surface area contributed by atoms with Crippen molar-refractivity contribution in [1.29, 1.82) is 0 Å². The molecule has 0 aliphatic carbocycles. The Bertz CT molecular complexity index is 1890. The van der Waals surface area contributed by atoms with Crippen LogP contribution in [0.5, 0.6) is 0 Å². The van der Waals surface area contributed by atoms with Crippen molar-refractivity contribution in [2.45, 2.75) is 11.4 Å². The number of sulfonamides is 1. The van der Waals surface area contributed by atoms with E-state index in [1.807, 2.05) is 72.1 Å². The van der Waals surface area contributed by atoms with E-state index in [0.717, 1.165) is 38.2 Å². The van der Waals surface area contributed by atoms with Gasteiger partial charge in [-0.05, 0) is 28.6 Å². The fourth-order valence-corrected chi connectivity index (χ4v) is 5.76. The van der Waals surface area contributed by atoms with E-state index >= 15 is 0 Å². The van der Waals surface area contributed by atoms with Gasteiger partial charge in [-0.3, -0.25) is 4.98 Å². The molecule has 3 N–H and O–H groups in total. The summed E-state index contributed by atoms with van der Waals surface area (Å²) < 4.78 is 23.9. The Balaban J connectivity index is 1.45. The molecule has 0 amide bonds. The van der Waals surface area contributed by atoms with Gasteiger partial charge in [0.2, 0.25) is 10.0 Å². The first-order valence-corrected chi connectivity index (χ1v) is 14.6. The third-order valence-electron chi connectivity index (χ3n) is 6.29. The summed E-state index contributed by atoms with van der Waals surface area (Å²) in [6.07, 6.45) is 2.82. The number of primary sulfonamides is 1. The largest absolute Gasteiger partial charge is 0.364 e. The van der Waals surface area contributed by atoms with Crippen molar-refractivity contribution in [1.82, 2.24) is 15.0 Å². The van der Waals surface area contributed by atoms with Crippen LogP contribution >= 0.6 is 11.3 Å². The van der Waals surface area contributed by atoms with Gasteiger partial charge in [0, 0.05) is 34.3 Å². The summed E-state index contributed by atoms with van der Waals surface area (Å²) in [6, 6.07) is 29.7. The molecule has 0 unspecified atom stereocenters. The van der Waals surface area contributed by atoms with Crippen LogP contribution in [0.4, 0.5) is 5.82 Å². The topological polar surface area (TPSA) is 111 Å². The van der Waals surface area contributed by atoms with Crippen molar-refractivity contribution in [3.8, 4) is 33.0 Å². The maximum absolute atomic E-state index is 12.0. The zero-order valence-electron chi connectivity index (χ0n) is 20.7. The molecule has 0 spiro atoms. The summed E-state index contributed by atoms with van der Waals surface area (Å²) in [5.41, 5.74) is 5.21. The number of aromatic nitrogens is 3. The minimum absolute atomic E-state index is 0.0645. The molecule has 0 saturated carbocycles. The van der Waals surface area contributed by atoms with Crippen LogP contribution in [0.1, 0.15) is 5.69 Å².